The molecule has 2 aromatic heterocycles. The number of aryl methyl sites for hydroxylation is 1. The van der Waals surface area contributed by atoms with Crippen LogP contribution in [0.3, 0.4) is 0 Å². The molecule has 2 aromatic rings. The van der Waals surface area contributed by atoms with Crippen LogP contribution in [0.1, 0.15) is 25.4 Å². The maximum atomic E-state index is 11.4. The average Bonchev–Trinajstić information content (AvgIpc) is 3.05. The van der Waals surface area contributed by atoms with Crippen LogP contribution in [-0.2, 0) is 29.0 Å². The Balaban J connectivity index is 1.88. The SMILES string of the molecule is CCOC(=O)Cc1csc(NCc2nncn2CC)n1. The minimum atomic E-state index is -0.255. The van der Waals surface area contributed by atoms with Gasteiger partial charge >= 0.3 is 5.97 Å². The number of rotatable bonds is 7. The van der Waals surface area contributed by atoms with Gasteiger partial charge in [-0.3, -0.25) is 4.79 Å². The van der Waals surface area contributed by atoms with E-state index < -0.39 is 0 Å². The first kappa shape index (κ1) is 14.4. The van der Waals surface area contributed by atoms with Crippen molar-refractivity contribution in [2.75, 3.05) is 11.9 Å². The molecule has 2 heterocycles. The molecule has 0 radical (unpaired) electrons. The Morgan fingerprint density at radius 1 is 1.50 bits per heavy atom. The largest absolute Gasteiger partial charge is 0.466 e. The van der Waals surface area contributed by atoms with Gasteiger partial charge in [0, 0.05) is 11.9 Å². The Bertz CT molecular complexity index is 566. The quantitative estimate of drug-likeness (QED) is 0.779. The highest BCUT2D eigenvalue weighted by molar-refractivity contribution is 7.13. The van der Waals surface area contributed by atoms with Crippen molar-refractivity contribution >= 4 is 22.4 Å². The van der Waals surface area contributed by atoms with Gasteiger partial charge in [0.1, 0.15) is 6.33 Å². The predicted molar refractivity (Wildman–Crippen MR) is 75.5 cm³/mol. The molecule has 0 aliphatic rings. The van der Waals surface area contributed by atoms with Crippen LogP contribution in [-0.4, -0.2) is 32.3 Å². The summed E-state index contributed by atoms with van der Waals surface area (Å²) in [5.74, 6) is 0.602. The summed E-state index contributed by atoms with van der Waals surface area (Å²) in [7, 11) is 0. The molecule has 0 saturated heterocycles. The first-order valence-electron chi connectivity index (χ1n) is 6.43. The topological polar surface area (TPSA) is 81.9 Å². The van der Waals surface area contributed by atoms with Crippen molar-refractivity contribution in [2.24, 2.45) is 0 Å². The fraction of sp³-hybridized carbons (Fsp3) is 0.500. The minimum absolute atomic E-state index is 0.206. The summed E-state index contributed by atoms with van der Waals surface area (Å²) in [4.78, 5) is 15.7. The lowest BCUT2D eigenvalue weighted by molar-refractivity contribution is -0.142. The second kappa shape index (κ2) is 6.99. The van der Waals surface area contributed by atoms with Crippen LogP contribution >= 0.6 is 11.3 Å². The number of hydrogen-bond donors (Lipinski definition) is 1. The maximum Gasteiger partial charge on any atom is 0.311 e. The molecule has 0 spiro atoms. The summed E-state index contributed by atoms with van der Waals surface area (Å²) < 4.78 is 6.85. The van der Waals surface area contributed by atoms with E-state index in [4.69, 9.17) is 4.74 Å². The number of aromatic nitrogens is 4. The van der Waals surface area contributed by atoms with Gasteiger partial charge in [-0.1, -0.05) is 0 Å². The van der Waals surface area contributed by atoms with Gasteiger partial charge in [-0.05, 0) is 13.8 Å². The average molecular weight is 295 g/mol. The highest BCUT2D eigenvalue weighted by atomic mass is 32.1. The molecule has 0 amide bonds. The zero-order chi connectivity index (χ0) is 14.4. The van der Waals surface area contributed by atoms with Crippen molar-refractivity contribution in [2.45, 2.75) is 33.4 Å². The first-order chi connectivity index (χ1) is 9.72. The number of nitrogens with zero attached hydrogens (tertiary/aromatic N) is 4. The molecule has 0 fully saturated rings. The monoisotopic (exact) mass is 295 g/mol. The van der Waals surface area contributed by atoms with Gasteiger partial charge in [-0.25, -0.2) is 4.98 Å². The third kappa shape index (κ3) is 3.77. The summed E-state index contributed by atoms with van der Waals surface area (Å²) >= 11 is 1.46. The number of esters is 1. The number of carbonyl (C=O) groups excluding carboxylic acids is 1. The highest BCUT2D eigenvalue weighted by Crippen LogP contribution is 2.16. The molecule has 2 rings (SSSR count). The molecule has 0 saturated carbocycles. The van der Waals surface area contributed by atoms with E-state index >= 15 is 0 Å². The summed E-state index contributed by atoms with van der Waals surface area (Å²) in [5.41, 5.74) is 0.716. The Kier molecular flexibility index (Phi) is 5.05. The molecule has 0 atom stereocenters. The molecule has 0 bridgehead atoms. The lowest BCUT2D eigenvalue weighted by Gasteiger charge is -2.03. The molecule has 7 nitrogen and oxygen atoms in total. The second-order valence-electron chi connectivity index (χ2n) is 4.01. The number of carbonyl (C=O) groups is 1. The van der Waals surface area contributed by atoms with Crippen LogP contribution in [0.25, 0.3) is 0 Å². The summed E-state index contributed by atoms with van der Waals surface area (Å²) in [6.07, 6.45) is 1.90. The van der Waals surface area contributed by atoms with Crippen molar-refractivity contribution in [1.82, 2.24) is 19.7 Å². The number of nitrogens with one attached hydrogen (secondary N) is 1. The number of thiazole rings is 1. The smallest absolute Gasteiger partial charge is 0.311 e. The highest BCUT2D eigenvalue weighted by Gasteiger charge is 2.09. The Labute approximate surface area is 121 Å². The Morgan fingerprint density at radius 2 is 2.35 bits per heavy atom. The van der Waals surface area contributed by atoms with Crippen molar-refractivity contribution in [3.05, 3.63) is 23.2 Å². The summed E-state index contributed by atoms with van der Waals surface area (Å²) in [6, 6.07) is 0. The van der Waals surface area contributed by atoms with Crippen molar-refractivity contribution in [3.63, 3.8) is 0 Å². The molecule has 1 N–H and O–H groups in total. The van der Waals surface area contributed by atoms with Crippen LogP contribution in [0.4, 0.5) is 5.13 Å². The van der Waals surface area contributed by atoms with Crippen molar-refractivity contribution < 1.29 is 9.53 Å². The fourth-order valence-corrected chi connectivity index (χ4v) is 2.37. The molecule has 0 aliphatic heterocycles. The predicted octanol–water partition coefficient (Wildman–Crippen LogP) is 1.47. The van der Waals surface area contributed by atoms with E-state index in [1.807, 2.05) is 16.9 Å². The van der Waals surface area contributed by atoms with Gasteiger partial charge < -0.3 is 14.6 Å². The molecule has 0 aromatic carbocycles. The van der Waals surface area contributed by atoms with E-state index in [2.05, 4.69) is 20.5 Å². The molecule has 0 aliphatic carbocycles. The number of hydrogen-bond acceptors (Lipinski definition) is 7. The first-order valence-corrected chi connectivity index (χ1v) is 7.31. The fourth-order valence-electron chi connectivity index (χ4n) is 1.66. The van der Waals surface area contributed by atoms with Gasteiger partial charge in [0.15, 0.2) is 11.0 Å². The van der Waals surface area contributed by atoms with Gasteiger partial charge in [-0.15, -0.1) is 21.5 Å². The summed E-state index contributed by atoms with van der Waals surface area (Å²) in [5, 5.41) is 13.7. The third-order valence-electron chi connectivity index (χ3n) is 2.62. The van der Waals surface area contributed by atoms with E-state index in [9.17, 15) is 4.79 Å². The van der Waals surface area contributed by atoms with Crippen LogP contribution in [0.2, 0.25) is 0 Å². The van der Waals surface area contributed by atoms with Crippen LogP contribution in [0, 0.1) is 0 Å². The standard InChI is InChI=1S/C12H17N5O2S/c1-3-17-8-14-16-10(17)6-13-12-15-9(7-20-12)5-11(18)19-4-2/h7-8H,3-6H2,1-2H3,(H,13,15). The van der Waals surface area contributed by atoms with E-state index in [-0.39, 0.29) is 12.4 Å². The van der Waals surface area contributed by atoms with E-state index in [0.717, 1.165) is 17.5 Å². The van der Waals surface area contributed by atoms with Gasteiger partial charge in [0.25, 0.3) is 0 Å². The normalized spacial score (nSPS) is 10.5. The second-order valence-corrected chi connectivity index (χ2v) is 4.87. The van der Waals surface area contributed by atoms with Crippen LogP contribution < -0.4 is 5.32 Å². The zero-order valence-corrected chi connectivity index (χ0v) is 12.3. The minimum Gasteiger partial charge on any atom is -0.466 e. The Morgan fingerprint density at radius 3 is 3.10 bits per heavy atom. The zero-order valence-electron chi connectivity index (χ0n) is 11.5. The van der Waals surface area contributed by atoms with Gasteiger partial charge in [0.05, 0.1) is 25.3 Å². The summed E-state index contributed by atoms with van der Waals surface area (Å²) in [6.45, 7) is 5.60. The lowest BCUT2D eigenvalue weighted by atomic mass is 10.3. The van der Waals surface area contributed by atoms with Crippen LogP contribution in [0.15, 0.2) is 11.7 Å². The van der Waals surface area contributed by atoms with E-state index in [0.29, 0.717) is 18.8 Å². The third-order valence-corrected chi connectivity index (χ3v) is 3.47. The molecule has 108 valence electrons. The van der Waals surface area contributed by atoms with Gasteiger partial charge in [0.2, 0.25) is 0 Å². The van der Waals surface area contributed by atoms with Gasteiger partial charge in [-0.2, -0.15) is 0 Å². The van der Waals surface area contributed by atoms with E-state index in [1.165, 1.54) is 11.3 Å². The van der Waals surface area contributed by atoms with Crippen molar-refractivity contribution in [1.29, 1.82) is 0 Å². The van der Waals surface area contributed by atoms with E-state index in [1.54, 1.807) is 13.3 Å². The molecular formula is C12H17N5O2S. The molecule has 0 unspecified atom stereocenters. The molecule has 8 heteroatoms. The number of ether oxygens (including phenoxy) is 1. The molecular weight excluding hydrogens is 278 g/mol. The maximum absolute atomic E-state index is 11.4. The molecule has 20 heavy (non-hydrogen) atoms. The number of anilines is 1. The Hall–Kier alpha value is -1.96. The van der Waals surface area contributed by atoms with Crippen LogP contribution in [0.5, 0.6) is 0 Å². The van der Waals surface area contributed by atoms with Crippen molar-refractivity contribution in [3.8, 4) is 0 Å². The lowest BCUT2D eigenvalue weighted by Crippen LogP contribution is -2.09.